The van der Waals surface area contributed by atoms with Crippen molar-refractivity contribution in [1.82, 2.24) is 0 Å². The van der Waals surface area contributed by atoms with Gasteiger partial charge in [0.15, 0.2) is 0 Å². The maximum absolute atomic E-state index is 12.4. The molecular weight excluding hydrogens is 310 g/mol. The van der Waals surface area contributed by atoms with Gasteiger partial charge in [0.1, 0.15) is 11.5 Å². The number of amides is 1. The molecule has 2 aromatic rings. The second-order valence-electron chi connectivity index (χ2n) is 6.36. The summed E-state index contributed by atoms with van der Waals surface area (Å²) in [5.74, 6) is 1.79. The molecule has 1 aliphatic carbocycles. The van der Waals surface area contributed by atoms with Crippen LogP contribution in [-0.2, 0) is 17.6 Å². The number of benzene rings is 1. The first kappa shape index (κ1) is 14.6. The molecule has 0 radical (unpaired) electrons. The lowest BCUT2D eigenvalue weighted by Crippen LogP contribution is -2.04. The molecule has 118 valence electrons. The third kappa shape index (κ3) is 2.31. The highest BCUT2D eigenvalue weighted by atomic mass is 35.5. The van der Waals surface area contributed by atoms with Crippen molar-refractivity contribution in [2.45, 2.75) is 39.5 Å². The number of aryl methyl sites for hydroxylation is 2. The van der Waals surface area contributed by atoms with E-state index in [4.69, 9.17) is 16.0 Å². The minimum absolute atomic E-state index is 0.0980. The molecular formula is C19H18ClNO2. The van der Waals surface area contributed by atoms with Crippen molar-refractivity contribution in [1.29, 1.82) is 0 Å². The lowest BCUT2D eigenvalue weighted by Gasteiger charge is -2.08. The van der Waals surface area contributed by atoms with E-state index in [2.05, 4.69) is 12.2 Å². The zero-order valence-corrected chi connectivity index (χ0v) is 14.0. The van der Waals surface area contributed by atoms with Crippen LogP contribution in [0.4, 0.5) is 5.69 Å². The maximum Gasteiger partial charge on any atom is 0.256 e. The molecule has 1 N–H and O–H groups in total. The van der Waals surface area contributed by atoms with E-state index < -0.39 is 0 Å². The van der Waals surface area contributed by atoms with Gasteiger partial charge < -0.3 is 9.73 Å². The number of carbonyl (C=O) groups is 1. The minimum Gasteiger partial charge on any atom is -0.461 e. The number of fused-ring (bicyclic) bond motifs is 2. The summed E-state index contributed by atoms with van der Waals surface area (Å²) in [5, 5.41) is 3.57. The first-order chi connectivity index (χ1) is 11.0. The van der Waals surface area contributed by atoms with E-state index in [9.17, 15) is 4.79 Å². The fourth-order valence-electron chi connectivity index (χ4n) is 3.58. The second kappa shape index (κ2) is 5.27. The maximum atomic E-state index is 12.4. The van der Waals surface area contributed by atoms with Gasteiger partial charge in [-0.25, -0.2) is 0 Å². The first-order valence-corrected chi connectivity index (χ1v) is 8.37. The molecule has 2 aliphatic rings. The highest BCUT2D eigenvalue weighted by Gasteiger charge is 2.27. The van der Waals surface area contributed by atoms with Gasteiger partial charge in [0.05, 0.1) is 11.3 Å². The predicted molar refractivity (Wildman–Crippen MR) is 92.8 cm³/mol. The van der Waals surface area contributed by atoms with Crippen LogP contribution in [0.25, 0.3) is 11.6 Å². The van der Waals surface area contributed by atoms with E-state index in [1.54, 1.807) is 0 Å². The van der Waals surface area contributed by atoms with E-state index in [1.807, 2.05) is 25.1 Å². The van der Waals surface area contributed by atoms with Crippen molar-refractivity contribution in [3.8, 4) is 0 Å². The molecule has 1 amide bonds. The van der Waals surface area contributed by atoms with Crippen molar-refractivity contribution in [2.75, 3.05) is 5.32 Å². The Morgan fingerprint density at radius 1 is 1.22 bits per heavy atom. The number of carbonyl (C=O) groups excluding carboxylic acids is 1. The molecule has 0 spiro atoms. The van der Waals surface area contributed by atoms with Crippen LogP contribution in [0.5, 0.6) is 0 Å². The molecule has 23 heavy (non-hydrogen) atoms. The summed E-state index contributed by atoms with van der Waals surface area (Å²) in [4.78, 5) is 12.4. The molecule has 4 rings (SSSR count). The standard InChI is InChI=1S/C19H18ClNO2/c1-10-7-12(20)8-14-15(19(22)21-18(10)14)9-17-11(2)13-5-3-4-6-16(13)23-17/h7-9H,3-6H2,1-2H3,(H,21,22). The van der Waals surface area contributed by atoms with Gasteiger partial charge in [0.25, 0.3) is 5.91 Å². The van der Waals surface area contributed by atoms with Gasteiger partial charge in [-0.05, 0) is 68.0 Å². The molecule has 0 atom stereocenters. The van der Waals surface area contributed by atoms with Crippen molar-refractivity contribution >= 4 is 34.8 Å². The molecule has 2 heterocycles. The normalized spacial score (nSPS) is 18.0. The molecule has 0 fully saturated rings. The Morgan fingerprint density at radius 3 is 2.78 bits per heavy atom. The Kier molecular flexibility index (Phi) is 3.34. The van der Waals surface area contributed by atoms with Gasteiger partial charge in [-0.1, -0.05) is 11.6 Å². The summed E-state index contributed by atoms with van der Waals surface area (Å²) in [7, 11) is 0. The molecule has 4 heteroatoms. The Hall–Kier alpha value is -2.00. The predicted octanol–water partition coefficient (Wildman–Crippen LogP) is 4.92. The molecule has 3 nitrogen and oxygen atoms in total. The van der Waals surface area contributed by atoms with Crippen molar-refractivity contribution < 1.29 is 9.21 Å². The van der Waals surface area contributed by atoms with Gasteiger partial charge in [-0.3, -0.25) is 4.79 Å². The first-order valence-electron chi connectivity index (χ1n) is 7.99. The van der Waals surface area contributed by atoms with Crippen LogP contribution in [0.15, 0.2) is 16.5 Å². The Labute approximate surface area is 140 Å². The van der Waals surface area contributed by atoms with Crippen LogP contribution in [0.1, 0.15) is 46.6 Å². The number of anilines is 1. The third-order valence-electron chi connectivity index (χ3n) is 4.82. The highest BCUT2D eigenvalue weighted by molar-refractivity contribution is 6.37. The highest BCUT2D eigenvalue weighted by Crippen LogP contribution is 2.39. The molecule has 1 aliphatic heterocycles. The smallest absolute Gasteiger partial charge is 0.256 e. The molecule has 0 unspecified atom stereocenters. The van der Waals surface area contributed by atoms with Gasteiger partial charge in [0.2, 0.25) is 0 Å². The lowest BCUT2D eigenvalue weighted by atomic mass is 9.95. The van der Waals surface area contributed by atoms with Crippen LogP contribution in [0, 0.1) is 13.8 Å². The molecule has 1 aromatic heterocycles. The van der Waals surface area contributed by atoms with Gasteiger partial charge in [-0.2, -0.15) is 0 Å². The van der Waals surface area contributed by atoms with Crippen LogP contribution < -0.4 is 5.32 Å². The average molecular weight is 328 g/mol. The third-order valence-corrected chi connectivity index (χ3v) is 5.04. The SMILES string of the molecule is Cc1cc(Cl)cc2c1NC(=O)C2=Cc1oc2c(c1C)CCCC2. The largest absolute Gasteiger partial charge is 0.461 e. The summed E-state index contributed by atoms with van der Waals surface area (Å²) in [5.41, 5.74) is 5.78. The summed E-state index contributed by atoms with van der Waals surface area (Å²) >= 11 is 6.17. The number of hydrogen-bond donors (Lipinski definition) is 1. The van der Waals surface area contributed by atoms with Crippen molar-refractivity contribution in [3.63, 3.8) is 0 Å². The molecule has 0 saturated heterocycles. The van der Waals surface area contributed by atoms with Gasteiger partial charge in [0, 0.05) is 17.0 Å². The zero-order valence-electron chi connectivity index (χ0n) is 13.3. The molecule has 0 saturated carbocycles. The number of hydrogen-bond acceptors (Lipinski definition) is 2. The number of furan rings is 1. The topological polar surface area (TPSA) is 42.2 Å². The van der Waals surface area contributed by atoms with Crippen molar-refractivity contribution in [3.05, 3.63) is 50.9 Å². The zero-order chi connectivity index (χ0) is 16.1. The fraction of sp³-hybridized carbons (Fsp3) is 0.316. The van der Waals surface area contributed by atoms with Crippen LogP contribution >= 0.6 is 11.6 Å². The summed E-state index contributed by atoms with van der Waals surface area (Å²) in [6.07, 6.45) is 6.31. The second-order valence-corrected chi connectivity index (χ2v) is 6.79. The van der Waals surface area contributed by atoms with Crippen molar-refractivity contribution in [2.24, 2.45) is 0 Å². The van der Waals surface area contributed by atoms with E-state index >= 15 is 0 Å². The molecule has 1 aromatic carbocycles. The Balaban J connectivity index is 1.85. The average Bonchev–Trinajstić information content (AvgIpc) is 3.00. The summed E-state index contributed by atoms with van der Waals surface area (Å²) < 4.78 is 6.03. The lowest BCUT2D eigenvalue weighted by molar-refractivity contribution is -0.110. The van der Waals surface area contributed by atoms with E-state index in [-0.39, 0.29) is 5.91 Å². The summed E-state index contributed by atoms with van der Waals surface area (Å²) in [6, 6.07) is 3.70. The Morgan fingerprint density at radius 2 is 2.00 bits per heavy atom. The van der Waals surface area contributed by atoms with E-state index in [0.29, 0.717) is 10.6 Å². The van der Waals surface area contributed by atoms with Crippen LogP contribution in [0.2, 0.25) is 5.02 Å². The fourth-order valence-corrected chi connectivity index (χ4v) is 3.85. The Bertz CT molecular complexity index is 861. The number of rotatable bonds is 1. The minimum atomic E-state index is -0.0980. The van der Waals surface area contributed by atoms with E-state index in [1.165, 1.54) is 18.4 Å². The summed E-state index contributed by atoms with van der Waals surface area (Å²) in [6.45, 7) is 4.03. The quantitative estimate of drug-likeness (QED) is 0.755. The van der Waals surface area contributed by atoms with Crippen LogP contribution in [-0.4, -0.2) is 5.91 Å². The van der Waals surface area contributed by atoms with Crippen LogP contribution in [0.3, 0.4) is 0 Å². The monoisotopic (exact) mass is 327 g/mol. The number of nitrogens with one attached hydrogen (secondary N) is 1. The van der Waals surface area contributed by atoms with Gasteiger partial charge in [-0.15, -0.1) is 0 Å². The van der Waals surface area contributed by atoms with Gasteiger partial charge >= 0.3 is 0 Å². The van der Waals surface area contributed by atoms with E-state index in [0.717, 1.165) is 46.7 Å². The molecule has 0 bridgehead atoms. The number of halogens is 1.